The van der Waals surface area contributed by atoms with E-state index in [0.717, 1.165) is 19.6 Å². The summed E-state index contributed by atoms with van der Waals surface area (Å²) in [6.07, 6.45) is 0. The van der Waals surface area contributed by atoms with Crippen LogP contribution in [0.4, 0.5) is 0 Å². The molecule has 5 heteroatoms. The first kappa shape index (κ1) is 17.4. The van der Waals surface area contributed by atoms with E-state index in [1.165, 1.54) is 0 Å². The second-order valence-corrected chi connectivity index (χ2v) is 5.82. The summed E-state index contributed by atoms with van der Waals surface area (Å²) in [7, 11) is 5.76. The fourth-order valence-corrected chi connectivity index (χ4v) is 1.79. The molecule has 0 rings (SSSR count). The van der Waals surface area contributed by atoms with E-state index in [2.05, 4.69) is 29.0 Å². The molecule has 0 aromatic carbocycles. The van der Waals surface area contributed by atoms with E-state index in [-0.39, 0.29) is 0 Å². The number of carbonyl (C=O) groups is 1. The van der Waals surface area contributed by atoms with Crippen LogP contribution < -0.4 is 5.32 Å². The molecule has 2 N–H and O–H groups in total. The van der Waals surface area contributed by atoms with Crippen LogP contribution in [0.15, 0.2) is 0 Å². The fourth-order valence-electron chi connectivity index (χ4n) is 1.79. The molecule has 0 aliphatic heterocycles. The van der Waals surface area contributed by atoms with Gasteiger partial charge in [-0.3, -0.25) is 9.69 Å². The maximum Gasteiger partial charge on any atom is 0.324 e. The zero-order valence-corrected chi connectivity index (χ0v) is 12.7. The van der Waals surface area contributed by atoms with Crippen LogP contribution in [0.25, 0.3) is 0 Å². The van der Waals surface area contributed by atoms with Crippen LogP contribution in [0.1, 0.15) is 20.8 Å². The Morgan fingerprint density at radius 1 is 1.33 bits per heavy atom. The number of aliphatic carboxylic acids is 1. The highest BCUT2D eigenvalue weighted by Gasteiger charge is 2.33. The summed E-state index contributed by atoms with van der Waals surface area (Å²) in [6.45, 7) is 9.30. The number of hydrogen-bond donors (Lipinski definition) is 2. The quantitative estimate of drug-likeness (QED) is 0.634. The van der Waals surface area contributed by atoms with E-state index in [9.17, 15) is 9.90 Å². The summed E-state index contributed by atoms with van der Waals surface area (Å²) in [5.74, 6) is -0.273. The van der Waals surface area contributed by atoms with Crippen molar-refractivity contribution in [1.82, 2.24) is 15.1 Å². The van der Waals surface area contributed by atoms with E-state index >= 15 is 0 Å². The highest BCUT2D eigenvalue weighted by molar-refractivity contribution is 5.78. The third kappa shape index (κ3) is 6.33. The fraction of sp³-hybridized carbons (Fsp3) is 0.923. The Morgan fingerprint density at radius 3 is 2.22 bits per heavy atom. The van der Waals surface area contributed by atoms with Crippen LogP contribution >= 0.6 is 0 Å². The van der Waals surface area contributed by atoms with Gasteiger partial charge < -0.3 is 15.3 Å². The largest absolute Gasteiger partial charge is 0.480 e. The van der Waals surface area contributed by atoms with Crippen LogP contribution in [0.2, 0.25) is 0 Å². The third-order valence-electron chi connectivity index (χ3n) is 3.05. The summed E-state index contributed by atoms with van der Waals surface area (Å²) in [5, 5.41) is 12.2. The van der Waals surface area contributed by atoms with Gasteiger partial charge in [-0.05, 0) is 34.0 Å². The second-order valence-electron chi connectivity index (χ2n) is 5.82. The van der Waals surface area contributed by atoms with Crippen molar-refractivity contribution in [3.8, 4) is 0 Å². The van der Waals surface area contributed by atoms with Gasteiger partial charge in [0.05, 0.1) is 0 Å². The van der Waals surface area contributed by atoms with Gasteiger partial charge in [-0.2, -0.15) is 0 Å². The lowest BCUT2D eigenvalue weighted by atomic mass is 10.0. The Kier molecular flexibility index (Phi) is 7.43. The molecule has 0 fully saturated rings. The minimum Gasteiger partial charge on any atom is -0.480 e. The summed E-state index contributed by atoms with van der Waals surface area (Å²) in [5.41, 5.74) is -0.888. The van der Waals surface area contributed by atoms with E-state index in [1.807, 2.05) is 14.1 Å². The van der Waals surface area contributed by atoms with Crippen molar-refractivity contribution in [2.75, 3.05) is 47.3 Å². The van der Waals surface area contributed by atoms with E-state index in [1.54, 1.807) is 14.0 Å². The zero-order chi connectivity index (χ0) is 14.3. The lowest BCUT2D eigenvalue weighted by Crippen LogP contribution is -2.56. The molecule has 0 spiro atoms. The van der Waals surface area contributed by atoms with Crippen LogP contribution in [-0.4, -0.2) is 73.7 Å². The normalized spacial score (nSPS) is 15.4. The first-order valence-corrected chi connectivity index (χ1v) is 6.50. The molecule has 0 aromatic heterocycles. The molecule has 0 saturated heterocycles. The predicted octanol–water partition coefficient (Wildman–Crippen LogP) is 0.569. The predicted molar refractivity (Wildman–Crippen MR) is 74.9 cm³/mol. The molecule has 0 aliphatic rings. The van der Waals surface area contributed by atoms with Gasteiger partial charge in [0.2, 0.25) is 0 Å². The minimum absolute atomic E-state index is 0.519. The van der Waals surface area contributed by atoms with Crippen molar-refractivity contribution < 1.29 is 9.90 Å². The number of carboxylic acids is 1. The molecule has 5 nitrogen and oxygen atoms in total. The summed E-state index contributed by atoms with van der Waals surface area (Å²) in [4.78, 5) is 15.6. The second kappa shape index (κ2) is 7.71. The van der Waals surface area contributed by atoms with Gasteiger partial charge in [0.1, 0.15) is 5.54 Å². The molecule has 0 aromatic rings. The Morgan fingerprint density at radius 2 is 1.89 bits per heavy atom. The van der Waals surface area contributed by atoms with Crippen LogP contribution in [0.3, 0.4) is 0 Å². The van der Waals surface area contributed by atoms with Gasteiger partial charge in [0, 0.05) is 26.2 Å². The molecule has 0 radical (unpaired) electrons. The highest BCUT2D eigenvalue weighted by atomic mass is 16.4. The molecule has 0 amide bonds. The molecule has 0 saturated carbocycles. The molecule has 0 aliphatic carbocycles. The zero-order valence-electron chi connectivity index (χ0n) is 12.7. The van der Waals surface area contributed by atoms with E-state index in [0.29, 0.717) is 12.5 Å². The van der Waals surface area contributed by atoms with E-state index in [4.69, 9.17) is 0 Å². The van der Waals surface area contributed by atoms with Crippen molar-refractivity contribution in [3.63, 3.8) is 0 Å². The van der Waals surface area contributed by atoms with Crippen molar-refractivity contribution in [2.45, 2.75) is 26.3 Å². The number of likely N-dealkylation sites (N-methyl/N-ethyl adjacent to an activating group) is 2. The third-order valence-corrected chi connectivity index (χ3v) is 3.05. The highest BCUT2D eigenvalue weighted by Crippen LogP contribution is 2.09. The van der Waals surface area contributed by atoms with E-state index < -0.39 is 11.5 Å². The maximum atomic E-state index is 11.3. The number of hydrogen-bond acceptors (Lipinski definition) is 4. The van der Waals surface area contributed by atoms with Gasteiger partial charge in [-0.1, -0.05) is 13.8 Å². The smallest absolute Gasteiger partial charge is 0.324 e. The average molecular weight is 259 g/mol. The number of nitrogens with zero attached hydrogens (tertiary/aromatic N) is 2. The van der Waals surface area contributed by atoms with Gasteiger partial charge in [-0.15, -0.1) is 0 Å². The first-order chi connectivity index (χ1) is 8.21. The van der Waals surface area contributed by atoms with Crippen LogP contribution in [0.5, 0.6) is 0 Å². The number of nitrogens with one attached hydrogen (secondary N) is 1. The van der Waals surface area contributed by atoms with Gasteiger partial charge in [0.25, 0.3) is 0 Å². The lowest BCUT2D eigenvalue weighted by Gasteiger charge is -2.33. The Bertz CT molecular complexity index is 257. The topological polar surface area (TPSA) is 55.8 Å². The molecule has 0 heterocycles. The van der Waals surface area contributed by atoms with Gasteiger partial charge in [0.15, 0.2) is 0 Å². The molecule has 1 atom stereocenters. The van der Waals surface area contributed by atoms with Crippen LogP contribution in [0, 0.1) is 5.92 Å². The van der Waals surface area contributed by atoms with Crippen molar-refractivity contribution in [3.05, 3.63) is 0 Å². The molecular formula is C13H29N3O2. The summed E-state index contributed by atoms with van der Waals surface area (Å²) < 4.78 is 0. The standard InChI is InChI=1S/C13H29N3O2/c1-11(2)9-16(8-7-15(5)6)10-13(3,14-4)12(17)18/h11,14H,7-10H2,1-6H3,(H,17,18). The monoisotopic (exact) mass is 259 g/mol. The minimum atomic E-state index is -0.888. The number of rotatable bonds is 9. The van der Waals surface area contributed by atoms with Crippen molar-refractivity contribution >= 4 is 5.97 Å². The molecule has 1 unspecified atom stereocenters. The lowest BCUT2D eigenvalue weighted by molar-refractivity contribution is -0.144. The number of carboxylic acid groups (broad SMARTS) is 1. The van der Waals surface area contributed by atoms with Crippen molar-refractivity contribution in [2.24, 2.45) is 5.92 Å². The van der Waals surface area contributed by atoms with Gasteiger partial charge in [-0.25, -0.2) is 0 Å². The van der Waals surface area contributed by atoms with Crippen molar-refractivity contribution in [1.29, 1.82) is 0 Å². The van der Waals surface area contributed by atoms with Gasteiger partial charge >= 0.3 is 5.97 Å². The summed E-state index contributed by atoms with van der Waals surface area (Å²) in [6, 6.07) is 0. The first-order valence-electron chi connectivity index (χ1n) is 6.50. The molecule has 0 bridgehead atoms. The molecule has 18 heavy (non-hydrogen) atoms. The van der Waals surface area contributed by atoms with Crippen LogP contribution in [-0.2, 0) is 4.79 Å². The SMILES string of the molecule is CNC(C)(CN(CCN(C)C)CC(C)C)C(=O)O. The molecule has 108 valence electrons. The Hall–Kier alpha value is -0.650. The Balaban J connectivity index is 4.59. The maximum absolute atomic E-state index is 11.3. The molecular weight excluding hydrogens is 230 g/mol. The summed E-state index contributed by atoms with van der Waals surface area (Å²) >= 11 is 0. The average Bonchev–Trinajstić information content (AvgIpc) is 2.24. The Labute approximate surface area is 111 Å².